The van der Waals surface area contributed by atoms with E-state index in [1.165, 1.54) is 48.5 Å². The van der Waals surface area contributed by atoms with Crippen molar-refractivity contribution in [1.29, 1.82) is 0 Å². The third-order valence-electron chi connectivity index (χ3n) is 5.79. The fourth-order valence-corrected chi connectivity index (χ4v) is 4.85. The van der Waals surface area contributed by atoms with Crippen LogP contribution >= 0.6 is 23.4 Å². The summed E-state index contributed by atoms with van der Waals surface area (Å²) >= 11 is 6.58. The van der Waals surface area contributed by atoms with E-state index in [-0.39, 0.29) is 33.5 Å². The van der Waals surface area contributed by atoms with Gasteiger partial charge in [-0.3, -0.25) is 29.4 Å². The molecule has 0 saturated carbocycles. The number of anilines is 1. The minimum atomic E-state index is -4.80. The van der Waals surface area contributed by atoms with Gasteiger partial charge in [0.25, 0.3) is 11.1 Å². The molecule has 4 rings (SSSR count). The summed E-state index contributed by atoms with van der Waals surface area (Å²) in [5, 5.41) is 13.2. The fraction of sp³-hybridized carbons (Fsp3) is 0.143. The molecule has 44 heavy (non-hydrogen) atoms. The summed E-state index contributed by atoms with van der Waals surface area (Å²) in [7, 11) is 0. The molecule has 228 valence electrons. The summed E-state index contributed by atoms with van der Waals surface area (Å²) in [6, 6.07) is 11.6. The van der Waals surface area contributed by atoms with E-state index in [4.69, 9.17) is 21.1 Å². The average molecular weight is 650 g/mol. The average Bonchev–Trinajstić information content (AvgIpc) is 3.21. The summed E-state index contributed by atoms with van der Waals surface area (Å²) < 4.78 is 49.4. The number of carbonyl (C=O) groups excluding carboxylic acids is 4. The van der Waals surface area contributed by atoms with Gasteiger partial charge in [-0.25, -0.2) is 4.79 Å². The zero-order valence-corrected chi connectivity index (χ0v) is 23.9. The Kier molecular flexibility index (Phi) is 9.59. The third-order valence-corrected chi connectivity index (χ3v) is 7.02. The van der Waals surface area contributed by atoms with E-state index in [1.54, 1.807) is 6.92 Å². The van der Waals surface area contributed by atoms with Crippen molar-refractivity contribution in [3.05, 3.63) is 97.4 Å². The van der Waals surface area contributed by atoms with Crippen LogP contribution in [-0.2, 0) is 20.5 Å². The van der Waals surface area contributed by atoms with Crippen LogP contribution < -0.4 is 10.1 Å². The maximum atomic E-state index is 13.0. The zero-order chi connectivity index (χ0) is 32.2. The van der Waals surface area contributed by atoms with E-state index >= 15 is 0 Å². The lowest BCUT2D eigenvalue weighted by Crippen LogP contribution is -2.36. The van der Waals surface area contributed by atoms with Crippen molar-refractivity contribution in [2.45, 2.75) is 13.1 Å². The van der Waals surface area contributed by atoms with Crippen LogP contribution in [0.1, 0.15) is 28.4 Å². The summed E-state index contributed by atoms with van der Waals surface area (Å²) in [6.45, 7) is 1.08. The predicted octanol–water partition coefficient (Wildman–Crippen LogP) is 6.91. The Balaban J connectivity index is 1.47. The Morgan fingerprint density at radius 2 is 1.86 bits per heavy atom. The van der Waals surface area contributed by atoms with Crippen LogP contribution in [0.3, 0.4) is 0 Å². The number of amides is 3. The topological polar surface area (TPSA) is 145 Å². The van der Waals surface area contributed by atoms with Crippen molar-refractivity contribution < 1.29 is 46.7 Å². The number of nitrogens with zero attached hydrogens (tertiary/aromatic N) is 2. The van der Waals surface area contributed by atoms with Gasteiger partial charge in [-0.05, 0) is 72.8 Å². The monoisotopic (exact) mass is 649 g/mol. The maximum Gasteiger partial charge on any atom is 0.416 e. The summed E-state index contributed by atoms with van der Waals surface area (Å²) in [5.41, 5.74) is -1.61. The molecule has 1 fully saturated rings. The number of thioether (sulfide) groups is 1. The first-order valence-corrected chi connectivity index (χ1v) is 13.6. The number of hydrogen-bond donors (Lipinski definition) is 1. The van der Waals surface area contributed by atoms with Gasteiger partial charge >= 0.3 is 17.8 Å². The highest BCUT2D eigenvalue weighted by Crippen LogP contribution is 2.38. The number of alkyl halides is 3. The predicted molar refractivity (Wildman–Crippen MR) is 153 cm³/mol. The van der Waals surface area contributed by atoms with Crippen molar-refractivity contribution in [3.63, 3.8) is 0 Å². The Bertz CT molecular complexity index is 1710. The number of rotatable bonds is 9. The maximum absolute atomic E-state index is 13.0. The molecular weight excluding hydrogens is 631 g/mol. The number of hydrogen-bond acceptors (Lipinski definition) is 9. The number of nitrogens with one attached hydrogen (secondary N) is 1. The van der Waals surface area contributed by atoms with Gasteiger partial charge in [0.2, 0.25) is 11.7 Å². The lowest BCUT2D eigenvalue weighted by atomic mass is 10.1. The molecule has 0 bridgehead atoms. The molecule has 3 aromatic rings. The van der Waals surface area contributed by atoms with Gasteiger partial charge < -0.3 is 14.8 Å². The summed E-state index contributed by atoms with van der Waals surface area (Å²) in [6.07, 6.45) is -3.47. The SMILES string of the molecule is CCOC(=O)c1cc(NC(=O)CN2C(=O)S/C(=C/c3cccc(Oc4ccc(C(F)(F)F)cc4[N+](=O)[O-])c3)C2=O)ccc1Cl. The van der Waals surface area contributed by atoms with Gasteiger partial charge in [0.05, 0.1) is 32.6 Å². The van der Waals surface area contributed by atoms with Gasteiger partial charge in [0.1, 0.15) is 12.3 Å². The molecule has 16 heteroatoms. The molecule has 1 aliphatic rings. The standard InChI is InChI=1S/C28H19ClF3N3O8S/c1-2-42-26(38)19-13-17(7-8-20(19)29)33-24(36)14-34-25(37)23(44-27(34)39)11-15-4-3-5-18(10-15)43-22-9-6-16(28(30,31)32)12-21(22)35(40)41/h3-13H,2,14H2,1H3,(H,33,36)/b23-11+. The Hall–Kier alpha value is -4.89. The lowest BCUT2D eigenvalue weighted by Gasteiger charge is -2.13. The third kappa shape index (κ3) is 7.54. The van der Waals surface area contributed by atoms with Crippen LogP contribution in [-0.4, -0.2) is 46.0 Å². The minimum absolute atomic E-state index is 0.00497. The van der Waals surface area contributed by atoms with E-state index in [2.05, 4.69) is 5.32 Å². The molecule has 1 aliphatic heterocycles. The molecule has 1 saturated heterocycles. The Labute approximate surface area is 255 Å². The van der Waals surface area contributed by atoms with E-state index in [9.17, 15) is 42.5 Å². The van der Waals surface area contributed by atoms with E-state index in [0.29, 0.717) is 34.4 Å². The van der Waals surface area contributed by atoms with Crippen molar-refractivity contribution in [2.24, 2.45) is 0 Å². The molecule has 0 spiro atoms. The molecule has 0 radical (unpaired) electrons. The molecule has 3 amide bonds. The van der Waals surface area contributed by atoms with Crippen LogP contribution in [0.25, 0.3) is 6.08 Å². The second kappa shape index (κ2) is 13.2. The highest BCUT2D eigenvalue weighted by atomic mass is 35.5. The largest absolute Gasteiger partial charge is 0.462 e. The summed E-state index contributed by atoms with van der Waals surface area (Å²) in [4.78, 5) is 61.2. The van der Waals surface area contributed by atoms with Crippen molar-refractivity contribution in [2.75, 3.05) is 18.5 Å². The number of nitro benzene ring substituents is 1. The van der Waals surface area contributed by atoms with Gasteiger partial charge in [-0.15, -0.1) is 0 Å². The first-order chi connectivity index (χ1) is 20.8. The molecule has 1 heterocycles. The van der Waals surface area contributed by atoms with Crippen LogP contribution in [0.2, 0.25) is 5.02 Å². The molecule has 0 atom stereocenters. The number of benzene rings is 3. The Morgan fingerprint density at radius 3 is 2.55 bits per heavy atom. The van der Waals surface area contributed by atoms with E-state index in [1.807, 2.05) is 0 Å². The molecule has 0 aliphatic carbocycles. The van der Waals surface area contributed by atoms with Gasteiger partial charge in [0, 0.05) is 11.8 Å². The van der Waals surface area contributed by atoms with Crippen LogP contribution in [0.5, 0.6) is 11.5 Å². The second-order valence-corrected chi connectivity index (χ2v) is 10.2. The number of ether oxygens (including phenoxy) is 2. The van der Waals surface area contributed by atoms with Crippen LogP contribution in [0.4, 0.5) is 29.3 Å². The molecule has 0 aromatic heterocycles. The minimum Gasteiger partial charge on any atom is -0.462 e. The smallest absolute Gasteiger partial charge is 0.416 e. The lowest BCUT2D eigenvalue weighted by molar-refractivity contribution is -0.385. The number of carbonyl (C=O) groups is 4. The van der Waals surface area contributed by atoms with Crippen LogP contribution in [0.15, 0.2) is 65.6 Å². The molecular formula is C28H19ClF3N3O8S. The Morgan fingerprint density at radius 1 is 1.11 bits per heavy atom. The number of imide groups is 1. The van der Waals surface area contributed by atoms with Crippen molar-refractivity contribution in [3.8, 4) is 11.5 Å². The number of halogens is 4. The molecule has 11 nitrogen and oxygen atoms in total. The first-order valence-electron chi connectivity index (χ1n) is 12.4. The number of esters is 1. The van der Waals surface area contributed by atoms with Crippen LogP contribution in [0, 0.1) is 10.1 Å². The normalized spacial score (nSPS) is 14.1. The van der Waals surface area contributed by atoms with Crippen molar-refractivity contribution in [1.82, 2.24) is 4.90 Å². The fourth-order valence-electron chi connectivity index (χ4n) is 3.82. The quantitative estimate of drug-likeness (QED) is 0.113. The second-order valence-electron chi connectivity index (χ2n) is 8.84. The highest BCUT2D eigenvalue weighted by Gasteiger charge is 2.36. The molecule has 1 N–H and O–H groups in total. The number of nitro groups is 1. The zero-order valence-electron chi connectivity index (χ0n) is 22.3. The van der Waals surface area contributed by atoms with Gasteiger partial charge in [-0.1, -0.05) is 23.7 Å². The summed E-state index contributed by atoms with van der Waals surface area (Å²) in [5.74, 6) is -2.65. The van der Waals surface area contributed by atoms with Gasteiger partial charge in [0.15, 0.2) is 0 Å². The highest BCUT2D eigenvalue weighted by molar-refractivity contribution is 8.18. The molecule has 0 unspecified atom stereocenters. The van der Waals surface area contributed by atoms with E-state index in [0.717, 1.165) is 6.07 Å². The van der Waals surface area contributed by atoms with E-state index < -0.39 is 57.7 Å². The molecule has 3 aromatic carbocycles. The first kappa shape index (κ1) is 32.0. The van der Waals surface area contributed by atoms with Gasteiger partial charge in [-0.2, -0.15) is 13.2 Å². The van der Waals surface area contributed by atoms with Crippen molar-refractivity contribution >= 4 is 63.8 Å².